The second-order valence-electron chi connectivity index (χ2n) is 6.11. The molecule has 0 radical (unpaired) electrons. The van der Waals surface area contributed by atoms with Gasteiger partial charge >= 0.3 is 0 Å². The van der Waals surface area contributed by atoms with Gasteiger partial charge in [0.1, 0.15) is 11.8 Å². The molecule has 2 aromatic rings. The molecule has 7 heteroatoms. The number of aliphatic imine (C=N–C) groups is 1. The Morgan fingerprint density at radius 2 is 1.96 bits per heavy atom. The smallest absolute Gasteiger partial charge is 0.247 e. The molecule has 0 saturated heterocycles. The van der Waals surface area contributed by atoms with Gasteiger partial charge in [-0.25, -0.2) is 0 Å². The Kier molecular flexibility index (Phi) is 5.88. The fourth-order valence-corrected chi connectivity index (χ4v) is 3.14. The van der Waals surface area contributed by atoms with Gasteiger partial charge in [-0.05, 0) is 30.3 Å². The van der Waals surface area contributed by atoms with Crippen LogP contribution in [0.15, 0.2) is 53.5 Å². The number of ether oxygens (including phenoxy) is 1. The molecule has 6 nitrogen and oxygen atoms in total. The average Bonchev–Trinajstić information content (AvgIpc) is 2.74. The van der Waals surface area contributed by atoms with Gasteiger partial charge in [-0.2, -0.15) is 0 Å². The molecule has 2 aromatic carbocycles. The molecule has 1 unspecified atom stereocenters. The Hall–Kier alpha value is -2.70. The Morgan fingerprint density at radius 1 is 1.22 bits per heavy atom. The number of hydrogen-bond donors (Lipinski definition) is 1. The number of fused-ring (bicyclic) bond motifs is 1. The lowest BCUT2D eigenvalue weighted by molar-refractivity contribution is -0.118. The predicted octanol–water partition coefficient (Wildman–Crippen LogP) is 3.77. The molecule has 1 atom stereocenters. The third-order valence-electron chi connectivity index (χ3n) is 4.38. The summed E-state index contributed by atoms with van der Waals surface area (Å²) < 4.78 is 5.00. The van der Waals surface area contributed by atoms with E-state index in [2.05, 4.69) is 4.99 Å². The fourth-order valence-electron chi connectivity index (χ4n) is 2.97. The van der Waals surface area contributed by atoms with E-state index in [0.717, 1.165) is 5.69 Å². The van der Waals surface area contributed by atoms with Crippen molar-refractivity contribution < 1.29 is 9.53 Å². The number of carbonyl (C=O) groups is 1. The maximum Gasteiger partial charge on any atom is 0.247 e. The molecule has 1 N–H and O–H groups in total. The van der Waals surface area contributed by atoms with E-state index < -0.39 is 5.92 Å². The van der Waals surface area contributed by atoms with Crippen LogP contribution in [-0.2, 0) is 9.53 Å². The highest BCUT2D eigenvalue weighted by Gasteiger charge is 2.36. The summed E-state index contributed by atoms with van der Waals surface area (Å²) in [7, 11) is 3.37. The molecule has 0 aliphatic carbocycles. The summed E-state index contributed by atoms with van der Waals surface area (Å²) in [4.78, 5) is 21.0. The number of amides is 1. The number of anilines is 3. The van der Waals surface area contributed by atoms with E-state index in [1.165, 1.54) is 6.21 Å². The Bertz CT molecular complexity index is 870. The first-order chi connectivity index (χ1) is 13.0. The topological polar surface area (TPSA) is 69.0 Å². The largest absolute Gasteiger partial charge is 0.383 e. The SMILES string of the molecule is COCCN=CC1C(=N)N(C)c2ccc(Cl)cc2N(c2ccccc2)C1=O. The number of carbonyl (C=O) groups excluding carboxylic acids is 1. The summed E-state index contributed by atoms with van der Waals surface area (Å²) in [6.07, 6.45) is 1.53. The molecule has 0 aromatic heterocycles. The Labute approximate surface area is 163 Å². The van der Waals surface area contributed by atoms with Gasteiger partial charge in [-0.15, -0.1) is 0 Å². The highest BCUT2D eigenvalue weighted by atomic mass is 35.5. The first-order valence-corrected chi connectivity index (χ1v) is 8.92. The van der Waals surface area contributed by atoms with Crippen molar-refractivity contribution in [3.63, 3.8) is 0 Å². The van der Waals surface area contributed by atoms with Crippen molar-refractivity contribution in [3.8, 4) is 0 Å². The molecule has 1 heterocycles. The van der Waals surface area contributed by atoms with Gasteiger partial charge in [0.15, 0.2) is 0 Å². The van der Waals surface area contributed by atoms with E-state index in [9.17, 15) is 4.79 Å². The number of para-hydroxylation sites is 1. The fraction of sp³-hybridized carbons (Fsp3) is 0.250. The zero-order chi connectivity index (χ0) is 19.4. The summed E-state index contributed by atoms with van der Waals surface area (Å²) >= 11 is 6.22. The molecule has 140 valence electrons. The van der Waals surface area contributed by atoms with E-state index in [1.807, 2.05) is 36.4 Å². The number of nitrogens with zero attached hydrogens (tertiary/aromatic N) is 3. The van der Waals surface area contributed by atoms with Crippen molar-refractivity contribution in [2.45, 2.75) is 0 Å². The minimum absolute atomic E-state index is 0.156. The van der Waals surface area contributed by atoms with E-state index in [-0.39, 0.29) is 11.7 Å². The number of nitrogens with one attached hydrogen (secondary N) is 1. The van der Waals surface area contributed by atoms with Crippen LogP contribution in [0.4, 0.5) is 17.1 Å². The van der Waals surface area contributed by atoms with Gasteiger partial charge in [-0.1, -0.05) is 29.8 Å². The van der Waals surface area contributed by atoms with Crippen LogP contribution in [0, 0.1) is 11.3 Å². The van der Waals surface area contributed by atoms with Gasteiger partial charge in [0.2, 0.25) is 5.91 Å². The number of hydrogen-bond acceptors (Lipinski definition) is 4. The monoisotopic (exact) mass is 384 g/mol. The summed E-state index contributed by atoms with van der Waals surface area (Å²) in [6.45, 7) is 0.889. The van der Waals surface area contributed by atoms with E-state index in [0.29, 0.717) is 29.5 Å². The lowest BCUT2D eigenvalue weighted by Crippen LogP contribution is -2.39. The minimum Gasteiger partial charge on any atom is -0.383 e. The lowest BCUT2D eigenvalue weighted by atomic mass is 10.1. The molecule has 3 rings (SSSR count). The third kappa shape index (κ3) is 3.86. The summed E-state index contributed by atoms with van der Waals surface area (Å²) in [5.74, 6) is -0.901. The molecule has 0 bridgehead atoms. The standard InChI is InChI=1S/C20H21ClN4O2/c1-24-17-9-8-14(21)12-18(17)25(15-6-4-3-5-7-15)20(26)16(19(24)22)13-23-10-11-27-2/h3-9,12-13,16,22H,10-11H2,1-2H3. The van der Waals surface area contributed by atoms with Crippen molar-refractivity contribution in [3.05, 3.63) is 53.6 Å². The summed E-state index contributed by atoms with van der Waals surface area (Å²) in [5, 5.41) is 9.09. The number of rotatable bonds is 5. The average molecular weight is 385 g/mol. The Morgan fingerprint density at radius 3 is 2.67 bits per heavy atom. The molecule has 1 aliphatic rings. The van der Waals surface area contributed by atoms with Crippen LogP contribution in [0.5, 0.6) is 0 Å². The van der Waals surface area contributed by atoms with Crippen LogP contribution >= 0.6 is 11.6 Å². The number of halogens is 1. The molecule has 0 fully saturated rings. The molecule has 0 saturated carbocycles. The molecular weight excluding hydrogens is 364 g/mol. The van der Waals surface area contributed by atoms with Crippen LogP contribution in [-0.4, -0.2) is 45.3 Å². The summed E-state index contributed by atoms with van der Waals surface area (Å²) in [6, 6.07) is 14.7. The van der Waals surface area contributed by atoms with Crippen molar-refractivity contribution in [2.24, 2.45) is 10.9 Å². The first-order valence-electron chi connectivity index (χ1n) is 8.54. The zero-order valence-corrected chi connectivity index (χ0v) is 16.0. The van der Waals surface area contributed by atoms with Gasteiger partial charge in [-0.3, -0.25) is 20.1 Å². The molecule has 27 heavy (non-hydrogen) atoms. The van der Waals surface area contributed by atoms with Crippen molar-refractivity contribution in [1.29, 1.82) is 5.41 Å². The molecular formula is C20H21ClN4O2. The van der Waals surface area contributed by atoms with Crippen molar-refractivity contribution >= 4 is 46.6 Å². The van der Waals surface area contributed by atoms with Crippen LogP contribution in [0.3, 0.4) is 0 Å². The van der Waals surface area contributed by atoms with Gasteiger partial charge < -0.3 is 9.64 Å². The second kappa shape index (κ2) is 8.33. The maximum absolute atomic E-state index is 13.4. The van der Waals surface area contributed by atoms with Crippen LogP contribution in [0.25, 0.3) is 0 Å². The lowest BCUT2D eigenvalue weighted by Gasteiger charge is -2.24. The maximum atomic E-state index is 13.4. The van der Waals surface area contributed by atoms with Crippen molar-refractivity contribution in [2.75, 3.05) is 37.1 Å². The quantitative estimate of drug-likeness (QED) is 0.630. The van der Waals surface area contributed by atoms with E-state index >= 15 is 0 Å². The molecule has 1 aliphatic heterocycles. The zero-order valence-electron chi connectivity index (χ0n) is 15.2. The molecule has 0 spiro atoms. The highest BCUT2D eigenvalue weighted by Crippen LogP contribution is 2.40. The molecule has 1 amide bonds. The number of amidine groups is 1. The van der Waals surface area contributed by atoms with Gasteiger partial charge in [0.25, 0.3) is 0 Å². The van der Waals surface area contributed by atoms with Crippen LogP contribution in [0.2, 0.25) is 5.02 Å². The third-order valence-corrected chi connectivity index (χ3v) is 4.61. The van der Waals surface area contributed by atoms with Crippen molar-refractivity contribution in [1.82, 2.24) is 0 Å². The van der Waals surface area contributed by atoms with Gasteiger partial charge in [0, 0.05) is 31.1 Å². The predicted molar refractivity (Wildman–Crippen MR) is 110 cm³/mol. The minimum atomic E-state index is -0.807. The Balaban J connectivity index is 2.12. The number of benzene rings is 2. The highest BCUT2D eigenvalue weighted by molar-refractivity contribution is 6.32. The first kappa shape index (κ1) is 19.1. The van der Waals surface area contributed by atoms with E-state index in [1.54, 1.807) is 36.1 Å². The van der Waals surface area contributed by atoms with Crippen LogP contribution < -0.4 is 9.80 Å². The number of methoxy groups -OCH3 is 1. The van der Waals surface area contributed by atoms with Crippen LogP contribution in [0.1, 0.15) is 0 Å². The second-order valence-corrected chi connectivity index (χ2v) is 6.55. The van der Waals surface area contributed by atoms with Gasteiger partial charge in [0.05, 0.1) is 24.5 Å². The van der Waals surface area contributed by atoms with E-state index in [4.69, 9.17) is 21.7 Å². The summed E-state index contributed by atoms with van der Waals surface area (Å²) in [5.41, 5.74) is 2.08. The normalized spacial score (nSPS) is 17.4.